The van der Waals surface area contributed by atoms with Crippen LogP contribution in [0.15, 0.2) is 24.3 Å². The fourth-order valence-electron chi connectivity index (χ4n) is 1.02. The summed E-state index contributed by atoms with van der Waals surface area (Å²) in [6.07, 6.45) is 0. The summed E-state index contributed by atoms with van der Waals surface area (Å²) in [7, 11) is 0. The van der Waals surface area contributed by atoms with Crippen molar-refractivity contribution in [1.29, 1.82) is 0 Å². The zero-order valence-electron chi connectivity index (χ0n) is 9.00. The van der Waals surface area contributed by atoms with Gasteiger partial charge < -0.3 is 10.8 Å². The average molecular weight is 217 g/mol. The molecule has 0 atom stereocenters. The smallest absolute Gasteiger partial charge is 0.295 e. The molecule has 0 heterocycles. The third-order valence-electron chi connectivity index (χ3n) is 1.78. The first-order chi connectivity index (χ1) is 7.10. The molecule has 86 valence electrons. The van der Waals surface area contributed by atoms with Gasteiger partial charge in [-0.15, -0.1) is 0 Å². The van der Waals surface area contributed by atoms with Crippen LogP contribution in [0.2, 0.25) is 0 Å². The van der Waals surface area contributed by atoms with Crippen molar-refractivity contribution in [2.24, 2.45) is 5.73 Å². The summed E-state index contributed by atoms with van der Waals surface area (Å²) in [5.74, 6) is -3.18. The fourth-order valence-corrected chi connectivity index (χ4v) is 1.02. The largest absolute Gasteiger partial charge is 0.390 e. The summed E-state index contributed by atoms with van der Waals surface area (Å²) in [4.78, 5) is 0. The first-order valence-electron chi connectivity index (χ1n) is 4.88. The van der Waals surface area contributed by atoms with Crippen LogP contribution in [-0.2, 0) is 12.5 Å². The van der Waals surface area contributed by atoms with E-state index >= 15 is 0 Å². The lowest BCUT2D eigenvalue weighted by Crippen LogP contribution is -2.18. The van der Waals surface area contributed by atoms with E-state index in [1.165, 1.54) is 18.2 Å². The van der Waals surface area contributed by atoms with Gasteiger partial charge in [0.2, 0.25) is 0 Å². The lowest BCUT2D eigenvalue weighted by atomic mass is 10.1. The SMILES string of the molecule is CC.NCc1cccc(C(F)(F)CO)c1. The lowest BCUT2D eigenvalue weighted by Gasteiger charge is -2.13. The molecule has 15 heavy (non-hydrogen) atoms. The van der Waals surface area contributed by atoms with Gasteiger partial charge >= 0.3 is 0 Å². The van der Waals surface area contributed by atoms with E-state index in [-0.39, 0.29) is 12.1 Å². The van der Waals surface area contributed by atoms with E-state index < -0.39 is 12.5 Å². The number of alkyl halides is 2. The maximum atomic E-state index is 12.9. The zero-order valence-corrected chi connectivity index (χ0v) is 9.00. The summed E-state index contributed by atoms with van der Waals surface area (Å²) >= 11 is 0. The molecule has 0 saturated heterocycles. The highest BCUT2D eigenvalue weighted by molar-refractivity contribution is 5.26. The normalized spacial score (nSPS) is 10.5. The number of nitrogens with two attached hydrogens (primary N) is 1. The molecule has 2 nitrogen and oxygen atoms in total. The number of aliphatic hydroxyl groups excluding tert-OH is 1. The highest BCUT2D eigenvalue weighted by Gasteiger charge is 2.30. The molecule has 0 aliphatic heterocycles. The fraction of sp³-hybridized carbons (Fsp3) is 0.455. The predicted molar refractivity (Wildman–Crippen MR) is 56.7 cm³/mol. The Morgan fingerprint density at radius 3 is 2.40 bits per heavy atom. The Morgan fingerprint density at radius 2 is 1.93 bits per heavy atom. The molecule has 1 aromatic carbocycles. The summed E-state index contributed by atoms with van der Waals surface area (Å²) < 4.78 is 25.8. The van der Waals surface area contributed by atoms with Crippen LogP contribution in [0.25, 0.3) is 0 Å². The van der Waals surface area contributed by atoms with E-state index in [2.05, 4.69) is 0 Å². The zero-order chi connectivity index (χ0) is 11.9. The molecule has 0 aliphatic rings. The highest BCUT2D eigenvalue weighted by Crippen LogP contribution is 2.27. The van der Waals surface area contributed by atoms with Gasteiger partial charge in [0.1, 0.15) is 6.61 Å². The minimum absolute atomic E-state index is 0.196. The van der Waals surface area contributed by atoms with Gasteiger partial charge in [0.05, 0.1) is 0 Å². The van der Waals surface area contributed by atoms with Crippen LogP contribution in [0.4, 0.5) is 8.78 Å². The molecule has 0 aliphatic carbocycles. The van der Waals surface area contributed by atoms with Crippen LogP contribution in [0.3, 0.4) is 0 Å². The van der Waals surface area contributed by atoms with Crippen molar-refractivity contribution in [2.45, 2.75) is 26.3 Å². The van der Waals surface area contributed by atoms with Crippen LogP contribution >= 0.6 is 0 Å². The topological polar surface area (TPSA) is 46.2 Å². The van der Waals surface area contributed by atoms with E-state index in [1.807, 2.05) is 13.8 Å². The van der Waals surface area contributed by atoms with Crippen LogP contribution in [0, 0.1) is 0 Å². The van der Waals surface area contributed by atoms with Crippen molar-refractivity contribution < 1.29 is 13.9 Å². The van der Waals surface area contributed by atoms with Gasteiger partial charge in [-0.25, -0.2) is 0 Å². The molecule has 1 rings (SSSR count). The second-order valence-electron chi connectivity index (χ2n) is 2.77. The number of hydrogen-bond acceptors (Lipinski definition) is 2. The van der Waals surface area contributed by atoms with Crippen molar-refractivity contribution in [2.75, 3.05) is 6.61 Å². The number of aliphatic hydroxyl groups is 1. The van der Waals surface area contributed by atoms with Crippen LogP contribution in [0.5, 0.6) is 0 Å². The van der Waals surface area contributed by atoms with E-state index in [1.54, 1.807) is 6.07 Å². The average Bonchev–Trinajstić information content (AvgIpc) is 2.32. The molecule has 0 spiro atoms. The van der Waals surface area contributed by atoms with Gasteiger partial charge in [-0.1, -0.05) is 32.0 Å². The van der Waals surface area contributed by atoms with Gasteiger partial charge in [0.25, 0.3) is 5.92 Å². The van der Waals surface area contributed by atoms with Crippen LogP contribution < -0.4 is 5.73 Å². The summed E-state index contributed by atoms with van der Waals surface area (Å²) in [6.45, 7) is 3.04. The molecule has 0 bridgehead atoms. The molecule has 0 unspecified atom stereocenters. The standard InChI is InChI=1S/C9H11F2NO.C2H6/c10-9(11,6-13)8-3-1-2-7(4-8)5-12;1-2/h1-4,13H,5-6,12H2;1-2H3. The maximum absolute atomic E-state index is 12.9. The Kier molecular flexibility index (Phi) is 6.05. The number of benzene rings is 1. The monoisotopic (exact) mass is 217 g/mol. The predicted octanol–water partition coefficient (Wildman–Crippen LogP) is 2.26. The number of halogens is 2. The van der Waals surface area contributed by atoms with Crippen molar-refractivity contribution in [3.63, 3.8) is 0 Å². The maximum Gasteiger partial charge on any atom is 0.295 e. The lowest BCUT2D eigenvalue weighted by molar-refractivity contribution is -0.0556. The number of rotatable bonds is 3. The Bertz CT molecular complexity index is 290. The summed E-state index contributed by atoms with van der Waals surface area (Å²) in [5.41, 5.74) is 5.73. The van der Waals surface area contributed by atoms with E-state index in [9.17, 15) is 8.78 Å². The summed E-state index contributed by atoms with van der Waals surface area (Å²) in [6, 6.07) is 5.74. The van der Waals surface area contributed by atoms with Gasteiger partial charge in [0.15, 0.2) is 0 Å². The molecule has 4 heteroatoms. The molecule has 0 radical (unpaired) electrons. The second-order valence-corrected chi connectivity index (χ2v) is 2.77. The second kappa shape index (κ2) is 6.48. The van der Waals surface area contributed by atoms with Crippen molar-refractivity contribution in [3.05, 3.63) is 35.4 Å². The van der Waals surface area contributed by atoms with Gasteiger partial charge in [-0.2, -0.15) is 8.78 Å². The molecular formula is C11H17F2NO. The molecule has 0 fully saturated rings. The van der Waals surface area contributed by atoms with E-state index in [4.69, 9.17) is 10.8 Å². The van der Waals surface area contributed by atoms with Crippen molar-refractivity contribution in [3.8, 4) is 0 Å². The van der Waals surface area contributed by atoms with Gasteiger partial charge in [-0.3, -0.25) is 0 Å². The first kappa shape index (κ1) is 14.0. The highest BCUT2D eigenvalue weighted by atomic mass is 19.3. The molecule has 3 N–H and O–H groups in total. The minimum atomic E-state index is -3.18. The molecule has 0 saturated carbocycles. The molecular weight excluding hydrogens is 200 g/mol. The molecule has 0 amide bonds. The minimum Gasteiger partial charge on any atom is -0.390 e. The van der Waals surface area contributed by atoms with Crippen molar-refractivity contribution in [1.82, 2.24) is 0 Å². The number of hydrogen-bond donors (Lipinski definition) is 2. The van der Waals surface area contributed by atoms with Gasteiger partial charge in [-0.05, 0) is 11.6 Å². The molecule has 1 aromatic rings. The third-order valence-corrected chi connectivity index (χ3v) is 1.78. The van der Waals surface area contributed by atoms with E-state index in [0.717, 1.165) is 0 Å². The third kappa shape index (κ3) is 3.93. The van der Waals surface area contributed by atoms with Crippen LogP contribution in [0.1, 0.15) is 25.0 Å². The Balaban J connectivity index is 0.000000921. The van der Waals surface area contributed by atoms with E-state index in [0.29, 0.717) is 5.56 Å². The summed E-state index contributed by atoms with van der Waals surface area (Å²) in [5, 5.41) is 8.43. The Labute approximate surface area is 88.7 Å². The first-order valence-corrected chi connectivity index (χ1v) is 4.88. The Hall–Kier alpha value is -1.00. The Morgan fingerprint density at radius 1 is 1.33 bits per heavy atom. The quantitative estimate of drug-likeness (QED) is 0.815. The molecule has 0 aromatic heterocycles. The van der Waals surface area contributed by atoms with Crippen molar-refractivity contribution >= 4 is 0 Å². The van der Waals surface area contributed by atoms with Crippen LogP contribution in [-0.4, -0.2) is 11.7 Å². The van der Waals surface area contributed by atoms with Gasteiger partial charge in [0, 0.05) is 12.1 Å².